The molecule has 0 bridgehead atoms. The minimum Gasteiger partial charge on any atom is -0.462 e. The van der Waals surface area contributed by atoms with Gasteiger partial charge in [-0.3, -0.25) is 9.59 Å². The Labute approximate surface area is 309 Å². The molecule has 4 N–H and O–H groups in total. The number of aliphatic hydroxyl groups is 1. The molecule has 0 aromatic heterocycles. The van der Waals surface area contributed by atoms with E-state index in [-0.39, 0.29) is 56.8 Å². The summed E-state index contributed by atoms with van der Waals surface area (Å²) < 4.78 is 11.5. The first-order valence-electron chi connectivity index (χ1n) is 18.1. The second-order valence-corrected chi connectivity index (χ2v) is 13.4. The molecular weight excluding hydrogens is 670 g/mol. The quantitative estimate of drug-likeness (QED) is 0.121. The predicted molar refractivity (Wildman–Crippen MR) is 201 cm³/mol. The number of alkyl carbamates (subject to hydrolysis) is 1. The van der Waals surface area contributed by atoms with E-state index in [4.69, 9.17) is 9.47 Å². The molecule has 4 aromatic carbocycles. The Morgan fingerprint density at radius 2 is 1.49 bits per heavy atom. The summed E-state index contributed by atoms with van der Waals surface area (Å²) in [6.07, 6.45) is 4.17. The SMILES string of the molecule is O=C(C[C@H]1CC=CCC[C@H](NC(=O)OCC2c3ccccc3-c3ccccc32)C(=O)OC[C@H](c2ccccc2)NC1=O)N[C@H](CO)Cc1ccccc1. The van der Waals surface area contributed by atoms with Crippen LogP contribution in [0.5, 0.6) is 0 Å². The molecule has 4 atom stereocenters. The van der Waals surface area contributed by atoms with E-state index in [1.165, 1.54) is 0 Å². The monoisotopic (exact) mass is 715 g/mol. The molecule has 1 aliphatic carbocycles. The molecule has 0 saturated heterocycles. The highest BCUT2D eigenvalue weighted by Crippen LogP contribution is 2.44. The maximum atomic E-state index is 13.7. The molecule has 0 spiro atoms. The summed E-state index contributed by atoms with van der Waals surface area (Å²) in [7, 11) is 0. The molecule has 0 saturated carbocycles. The number of hydrogen-bond acceptors (Lipinski definition) is 7. The maximum absolute atomic E-state index is 13.7. The fourth-order valence-electron chi connectivity index (χ4n) is 6.99. The Hall–Kier alpha value is -5.74. The van der Waals surface area contributed by atoms with Gasteiger partial charge >= 0.3 is 12.1 Å². The molecule has 10 nitrogen and oxygen atoms in total. The highest BCUT2D eigenvalue weighted by Gasteiger charge is 2.31. The lowest BCUT2D eigenvalue weighted by molar-refractivity contribution is -0.147. The number of esters is 1. The number of fused-ring (bicyclic) bond motifs is 3. The van der Waals surface area contributed by atoms with Crippen LogP contribution in [0.1, 0.15) is 59.9 Å². The molecule has 2 aliphatic rings. The first-order chi connectivity index (χ1) is 25.9. The molecule has 0 unspecified atom stereocenters. The van der Waals surface area contributed by atoms with Crippen LogP contribution in [-0.2, 0) is 30.3 Å². The number of amides is 3. The van der Waals surface area contributed by atoms with Crippen molar-refractivity contribution in [2.24, 2.45) is 5.92 Å². The third-order valence-electron chi connectivity index (χ3n) is 9.75. The Morgan fingerprint density at radius 1 is 0.849 bits per heavy atom. The summed E-state index contributed by atoms with van der Waals surface area (Å²) in [5, 5.41) is 18.5. The molecule has 6 rings (SSSR count). The Morgan fingerprint density at radius 3 is 2.17 bits per heavy atom. The first kappa shape index (κ1) is 37.0. The van der Waals surface area contributed by atoms with Gasteiger partial charge in [-0.2, -0.15) is 0 Å². The lowest BCUT2D eigenvalue weighted by atomic mass is 9.97. The first-order valence-corrected chi connectivity index (χ1v) is 18.1. The summed E-state index contributed by atoms with van der Waals surface area (Å²) in [6, 6.07) is 32.6. The zero-order valence-corrected chi connectivity index (χ0v) is 29.5. The number of cyclic esters (lactones) is 1. The smallest absolute Gasteiger partial charge is 0.407 e. The van der Waals surface area contributed by atoms with Crippen LogP contribution >= 0.6 is 0 Å². The minimum atomic E-state index is -0.996. The van der Waals surface area contributed by atoms with Crippen LogP contribution in [0.3, 0.4) is 0 Å². The van der Waals surface area contributed by atoms with E-state index in [2.05, 4.69) is 28.1 Å². The average molecular weight is 716 g/mol. The molecule has 1 aliphatic heterocycles. The van der Waals surface area contributed by atoms with Crippen molar-refractivity contribution < 1.29 is 33.8 Å². The normalized spacial score (nSPS) is 19.5. The number of carbonyl (C=O) groups excluding carboxylic acids is 4. The van der Waals surface area contributed by atoms with Gasteiger partial charge in [0.15, 0.2) is 0 Å². The van der Waals surface area contributed by atoms with Crippen LogP contribution in [0.2, 0.25) is 0 Å². The van der Waals surface area contributed by atoms with Gasteiger partial charge in [0.1, 0.15) is 19.3 Å². The topological polar surface area (TPSA) is 143 Å². The molecule has 274 valence electrons. The van der Waals surface area contributed by atoms with Crippen LogP contribution < -0.4 is 16.0 Å². The van der Waals surface area contributed by atoms with Gasteiger partial charge in [0, 0.05) is 12.3 Å². The van der Waals surface area contributed by atoms with Gasteiger partial charge in [0.2, 0.25) is 11.8 Å². The standard InChI is InChI=1S/C43H45N3O7/c47-26-32(24-29-14-4-1-5-15-29)44-40(48)25-31-18-8-3-9-23-38(42(50)52-28-39(45-41(31)49)30-16-6-2-7-17-30)46-43(51)53-27-37-35-21-12-10-19-33(35)34-20-11-13-22-36(34)37/h1-8,10-17,19-22,31-32,37-39,47H,9,18,23-28H2,(H,44,48)(H,45,49)(H,46,51)/t31-,32+,38+,39-/m1/s1. The van der Waals surface area contributed by atoms with Gasteiger partial charge in [-0.15, -0.1) is 0 Å². The Kier molecular flexibility index (Phi) is 12.7. The summed E-state index contributed by atoms with van der Waals surface area (Å²) in [5.41, 5.74) is 6.08. The van der Waals surface area contributed by atoms with Crippen LogP contribution in [0.25, 0.3) is 11.1 Å². The van der Waals surface area contributed by atoms with Gasteiger partial charge < -0.3 is 30.5 Å². The summed E-state index contributed by atoms with van der Waals surface area (Å²) in [5.74, 6) is -2.23. The third kappa shape index (κ3) is 9.78. The van der Waals surface area contributed by atoms with E-state index < -0.39 is 36.1 Å². The van der Waals surface area contributed by atoms with Crippen LogP contribution in [0.4, 0.5) is 4.79 Å². The molecule has 10 heteroatoms. The number of allylic oxidation sites excluding steroid dienone is 2. The minimum absolute atomic E-state index is 0.101. The second-order valence-electron chi connectivity index (χ2n) is 13.4. The van der Waals surface area contributed by atoms with E-state index in [0.717, 1.165) is 27.8 Å². The number of aliphatic hydroxyl groups excluding tert-OH is 1. The zero-order chi connectivity index (χ0) is 37.0. The number of nitrogens with one attached hydrogen (secondary N) is 3. The van der Waals surface area contributed by atoms with Gasteiger partial charge in [0.25, 0.3) is 0 Å². The fourth-order valence-corrected chi connectivity index (χ4v) is 6.99. The number of benzene rings is 4. The zero-order valence-electron chi connectivity index (χ0n) is 29.5. The largest absolute Gasteiger partial charge is 0.462 e. The summed E-state index contributed by atoms with van der Waals surface area (Å²) in [6.45, 7) is -0.332. The lowest BCUT2D eigenvalue weighted by Gasteiger charge is -2.24. The predicted octanol–water partition coefficient (Wildman–Crippen LogP) is 5.76. The molecule has 0 fully saturated rings. The van der Waals surface area contributed by atoms with Crippen molar-refractivity contribution in [2.45, 2.75) is 56.1 Å². The van der Waals surface area contributed by atoms with E-state index in [0.29, 0.717) is 18.4 Å². The van der Waals surface area contributed by atoms with Crippen molar-refractivity contribution in [3.8, 4) is 11.1 Å². The second kappa shape index (κ2) is 18.1. The van der Waals surface area contributed by atoms with Gasteiger partial charge in [-0.1, -0.05) is 121 Å². The van der Waals surface area contributed by atoms with Crippen molar-refractivity contribution in [2.75, 3.05) is 19.8 Å². The van der Waals surface area contributed by atoms with Gasteiger partial charge in [0.05, 0.1) is 24.6 Å². The lowest BCUT2D eigenvalue weighted by Crippen LogP contribution is -2.44. The molecule has 1 heterocycles. The van der Waals surface area contributed by atoms with Crippen molar-refractivity contribution in [1.29, 1.82) is 0 Å². The van der Waals surface area contributed by atoms with Crippen LogP contribution in [0.15, 0.2) is 121 Å². The summed E-state index contributed by atoms with van der Waals surface area (Å²) in [4.78, 5) is 53.6. The van der Waals surface area contributed by atoms with Crippen molar-refractivity contribution in [3.05, 3.63) is 144 Å². The van der Waals surface area contributed by atoms with Crippen molar-refractivity contribution in [3.63, 3.8) is 0 Å². The molecular formula is C43H45N3O7. The third-order valence-corrected chi connectivity index (χ3v) is 9.75. The van der Waals surface area contributed by atoms with Gasteiger partial charge in [-0.05, 0) is 59.1 Å². The van der Waals surface area contributed by atoms with Gasteiger partial charge in [-0.25, -0.2) is 9.59 Å². The number of hydrogen-bond donors (Lipinski definition) is 4. The van der Waals surface area contributed by atoms with E-state index in [1.807, 2.05) is 109 Å². The molecule has 0 radical (unpaired) electrons. The van der Waals surface area contributed by atoms with Crippen molar-refractivity contribution >= 4 is 23.9 Å². The average Bonchev–Trinajstić information content (AvgIpc) is 3.51. The number of rotatable bonds is 10. The maximum Gasteiger partial charge on any atom is 0.407 e. The fraction of sp³-hybridized carbons (Fsp3) is 0.302. The molecule has 4 aromatic rings. The van der Waals surface area contributed by atoms with E-state index in [9.17, 15) is 24.3 Å². The van der Waals surface area contributed by atoms with Crippen LogP contribution in [-0.4, -0.2) is 60.9 Å². The number of ether oxygens (including phenoxy) is 2. The van der Waals surface area contributed by atoms with E-state index in [1.54, 1.807) is 0 Å². The Balaban J connectivity index is 1.11. The van der Waals surface area contributed by atoms with E-state index >= 15 is 0 Å². The van der Waals surface area contributed by atoms with Crippen molar-refractivity contribution in [1.82, 2.24) is 16.0 Å². The molecule has 53 heavy (non-hydrogen) atoms. The highest BCUT2D eigenvalue weighted by atomic mass is 16.6. The Bertz CT molecular complexity index is 1850. The number of carbonyl (C=O) groups is 4. The van der Waals surface area contributed by atoms with Crippen LogP contribution in [0, 0.1) is 5.92 Å². The highest BCUT2D eigenvalue weighted by molar-refractivity contribution is 5.86. The summed E-state index contributed by atoms with van der Waals surface area (Å²) >= 11 is 0. The molecule has 3 amide bonds.